The summed E-state index contributed by atoms with van der Waals surface area (Å²) in [6.45, 7) is 5.42. The monoisotopic (exact) mass is 314 g/mol. The smallest absolute Gasteiger partial charge is 0.258 e. The molecule has 0 aliphatic carbocycles. The second-order valence-electron chi connectivity index (χ2n) is 4.69. The number of piperidine rings is 1. The number of hydrogen-bond acceptors (Lipinski definition) is 3. The topological polar surface area (TPSA) is 36.7 Å². The highest BCUT2D eigenvalue weighted by atomic mass is 79.9. The van der Waals surface area contributed by atoms with Crippen LogP contribution in [-0.2, 0) is 0 Å². The normalized spacial score (nSPS) is 17.9. The molecule has 1 aromatic heterocycles. The zero-order valence-corrected chi connectivity index (χ0v) is 12.4. The maximum absolute atomic E-state index is 12.3. The summed E-state index contributed by atoms with van der Waals surface area (Å²) < 4.78 is 5.64. The highest BCUT2D eigenvalue weighted by Crippen LogP contribution is 2.22. The third-order valence-electron chi connectivity index (χ3n) is 3.72. The van der Waals surface area contributed by atoms with Crippen LogP contribution in [0.3, 0.4) is 0 Å². The lowest BCUT2D eigenvalue weighted by molar-refractivity contribution is 0.0645. The van der Waals surface area contributed by atoms with E-state index in [2.05, 4.69) is 27.8 Å². The van der Waals surface area contributed by atoms with Gasteiger partial charge in [-0.05, 0) is 41.4 Å². The Bertz CT molecular complexity index is 411. The number of furan rings is 1. The molecule has 0 atom stereocenters. The summed E-state index contributed by atoms with van der Waals surface area (Å²) in [7, 11) is 1.88. The van der Waals surface area contributed by atoms with E-state index < -0.39 is 0 Å². The van der Waals surface area contributed by atoms with Crippen LogP contribution in [0.25, 0.3) is 0 Å². The molecule has 0 aromatic carbocycles. The number of rotatable bonds is 3. The minimum atomic E-state index is 0.0329. The zero-order valence-electron chi connectivity index (χ0n) is 10.9. The van der Waals surface area contributed by atoms with Crippen LogP contribution in [0.5, 0.6) is 0 Å². The number of carbonyl (C=O) groups excluding carboxylic acids is 1. The zero-order chi connectivity index (χ0) is 13.1. The van der Waals surface area contributed by atoms with Gasteiger partial charge in [-0.1, -0.05) is 6.92 Å². The number of carbonyl (C=O) groups is 1. The van der Waals surface area contributed by atoms with Crippen LogP contribution in [-0.4, -0.2) is 48.4 Å². The van der Waals surface area contributed by atoms with Gasteiger partial charge in [0.1, 0.15) is 0 Å². The Balaban J connectivity index is 1.98. The molecule has 0 radical (unpaired) electrons. The lowest BCUT2D eigenvalue weighted by Crippen LogP contribution is -2.45. The molecule has 4 nitrogen and oxygen atoms in total. The SMILES string of the molecule is CCN1CCC(N(C)C(=O)c2ccoc2Br)CC1. The molecule has 1 saturated heterocycles. The van der Waals surface area contributed by atoms with E-state index in [0.29, 0.717) is 16.3 Å². The molecule has 2 heterocycles. The number of halogens is 1. The lowest BCUT2D eigenvalue weighted by atomic mass is 10.0. The van der Waals surface area contributed by atoms with Crippen molar-refractivity contribution in [2.45, 2.75) is 25.8 Å². The Kier molecular flexibility index (Phi) is 4.45. The van der Waals surface area contributed by atoms with Crippen LogP contribution in [0, 0.1) is 0 Å². The minimum absolute atomic E-state index is 0.0329. The molecule has 0 saturated carbocycles. The average Bonchev–Trinajstić information content (AvgIpc) is 2.83. The van der Waals surface area contributed by atoms with Crippen LogP contribution in [0.1, 0.15) is 30.1 Å². The maximum Gasteiger partial charge on any atom is 0.258 e. The number of likely N-dealkylation sites (tertiary alicyclic amines) is 1. The molecule has 1 aliphatic rings. The van der Waals surface area contributed by atoms with E-state index in [1.807, 2.05) is 11.9 Å². The van der Waals surface area contributed by atoms with Gasteiger partial charge in [0.05, 0.1) is 11.8 Å². The third-order valence-corrected chi connectivity index (χ3v) is 4.33. The molecule has 1 fully saturated rings. The second-order valence-corrected chi connectivity index (χ2v) is 5.41. The van der Waals surface area contributed by atoms with Gasteiger partial charge in [0, 0.05) is 26.2 Å². The molecular weight excluding hydrogens is 296 g/mol. The highest BCUT2D eigenvalue weighted by molar-refractivity contribution is 9.10. The van der Waals surface area contributed by atoms with Gasteiger partial charge in [0.25, 0.3) is 5.91 Å². The fourth-order valence-corrected chi connectivity index (χ4v) is 2.83. The summed E-state index contributed by atoms with van der Waals surface area (Å²) in [5.41, 5.74) is 0.607. The van der Waals surface area contributed by atoms with Gasteiger partial charge < -0.3 is 14.2 Å². The van der Waals surface area contributed by atoms with E-state index in [9.17, 15) is 4.79 Å². The molecule has 1 aromatic rings. The average molecular weight is 315 g/mol. The van der Waals surface area contributed by atoms with Crippen molar-refractivity contribution >= 4 is 21.8 Å². The standard InChI is InChI=1S/C13H19BrN2O2/c1-3-16-7-4-10(5-8-16)15(2)13(17)11-6-9-18-12(11)14/h6,9-10H,3-5,7-8H2,1-2H3. The van der Waals surface area contributed by atoms with Crippen molar-refractivity contribution < 1.29 is 9.21 Å². The predicted molar refractivity (Wildman–Crippen MR) is 73.6 cm³/mol. The summed E-state index contributed by atoms with van der Waals surface area (Å²) in [4.78, 5) is 16.6. The van der Waals surface area contributed by atoms with Crippen molar-refractivity contribution in [1.82, 2.24) is 9.80 Å². The first kappa shape index (κ1) is 13.6. The van der Waals surface area contributed by atoms with Crippen LogP contribution < -0.4 is 0 Å². The van der Waals surface area contributed by atoms with Crippen LogP contribution in [0.15, 0.2) is 21.4 Å². The quantitative estimate of drug-likeness (QED) is 0.860. The molecule has 1 amide bonds. The molecule has 2 rings (SSSR count). The van der Waals surface area contributed by atoms with E-state index in [0.717, 1.165) is 32.5 Å². The Morgan fingerprint density at radius 1 is 1.56 bits per heavy atom. The molecular formula is C13H19BrN2O2. The first-order valence-electron chi connectivity index (χ1n) is 6.36. The molecule has 100 valence electrons. The van der Waals surface area contributed by atoms with Crippen LogP contribution in [0.4, 0.5) is 0 Å². The van der Waals surface area contributed by atoms with Gasteiger partial charge in [-0.25, -0.2) is 0 Å². The molecule has 0 unspecified atom stereocenters. The van der Waals surface area contributed by atoms with Crippen molar-refractivity contribution in [2.24, 2.45) is 0 Å². The fraction of sp³-hybridized carbons (Fsp3) is 0.615. The summed E-state index contributed by atoms with van der Waals surface area (Å²) >= 11 is 3.26. The van der Waals surface area contributed by atoms with E-state index in [1.54, 1.807) is 6.07 Å². The molecule has 18 heavy (non-hydrogen) atoms. The lowest BCUT2D eigenvalue weighted by Gasteiger charge is -2.36. The van der Waals surface area contributed by atoms with Crippen LogP contribution >= 0.6 is 15.9 Å². The van der Waals surface area contributed by atoms with Gasteiger partial charge >= 0.3 is 0 Å². The highest BCUT2D eigenvalue weighted by Gasteiger charge is 2.26. The van der Waals surface area contributed by atoms with Crippen LogP contribution in [0.2, 0.25) is 0 Å². The predicted octanol–water partition coefficient (Wildman–Crippen LogP) is 2.60. The number of amides is 1. The Labute approximate surface area is 116 Å². The van der Waals surface area contributed by atoms with Gasteiger partial charge in [-0.15, -0.1) is 0 Å². The molecule has 0 N–H and O–H groups in total. The summed E-state index contributed by atoms with van der Waals surface area (Å²) in [5.74, 6) is 0.0329. The fourth-order valence-electron chi connectivity index (χ4n) is 2.42. The number of hydrogen-bond donors (Lipinski definition) is 0. The van der Waals surface area contributed by atoms with Gasteiger partial charge in [-0.3, -0.25) is 4.79 Å². The Morgan fingerprint density at radius 3 is 2.72 bits per heavy atom. The summed E-state index contributed by atoms with van der Waals surface area (Å²) in [6.07, 6.45) is 3.63. The Hall–Kier alpha value is -0.810. The van der Waals surface area contributed by atoms with Crippen molar-refractivity contribution in [3.63, 3.8) is 0 Å². The first-order chi connectivity index (χ1) is 8.63. The number of nitrogens with zero attached hydrogens (tertiary/aromatic N) is 2. The van der Waals surface area contributed by atoms with Crippen molar-refractivity contribution in [3.8, 4) is 0 Å². The third kappa shape index (κ3) is 2.78. The van der Waals surface area contributed by atoms with Crippen molar-refractivity contribution in [2.75, 3.05) is 26.7 Å². The minimum Gasteiger partial charge on any atom is -0.457 e. The summed E-state index contributed by atoms with van der Waals surface area (Å²) in [5, 5.41) is 0. The molecule has 1 aliphatic heterocycles. The van der Waals surface area contributed by atoms with Gasteiger partial charge in [0.15, 0.2) is 4.67 Å². The van der Waals surface area contributed by atoms with E-state index in [-0.39, 0.29) is 5.91 Å². The van der Waals surface area contributed by atoms with Crippen molar-refractivity contribution in [1.29, 1.82) is 0 Å². The molecule has 0 bridgehead atoms. The van der Waals surface area contributed by atoms with Crippen molar-refractivity contribution in [3.05, 3.63) is 22.6 Å². The Morgan fingerprint density at radius 2 is 2.22 bits per heavy atom. The van der Waals surface area contributed by atoms with E-state index >= 15 is 0 Å². The first-order valence-corrected chi connectivity index (χ1v) is 7.15. The summed E-state index contributed by atoms with van der Waals surface area (Å²) in [6, 6.07) is 2.05. The maximum atomic E-state index is 12.3. The largest absolute Gasteiger partial charge is 0.457 e. The molecule has 0 spiro atoms. The van der Waals surface area contributed by atoms with Gasteiger partial charge in [-0.2, -0.15) is 0 Å². The van der Waals surface area contributed by atoms with E-state index in [1.165, 1.54) is 6.26 Å². The van der Waals surface area contributed by atoms with Gasteiger partial charge in [0.2, 0.25) is 0 Å². The van der Waals surface area contributed by atoms with E-state index in [4.69, 9.17) is 4.42 Å². The second kappa shape index (κ2) is 5.89. The molecule has 5 heteroatoms.